The van der Waals surface area contributed by atoms with Gasteiger partial charge in [0.1, 0.15) is 6.10 Å². The molecular weight excluding hydrogens is 292 g/mol. The van der Waals surface area contributed by atoms with Crippen LogP contribution in [0.5, 0.6) is 0 Å². The van der Waals surface area contributed by atoms with E-state index >= 15 is 0 Å². The van der Waals surface area contributed by atoms with Gasteiger partial charge >= 0.3 is 0 Å². The van der Waals surface area contributed by atoms with Crippen molar-refractivity contribution in [1.29, 1.82) is 0 Å². The lowest BCUT2D eigenvalue weighted by Gasteiger charge is -2.17. The molecule has 6 nitrogen and oxygen atoms in total. The number of aliphatic hydroxyl groups excluding tert-OH is 2. The van der Waals surface area contributed by atoms with Crippen LogP contribution in [-0.2, 0) is 0 Å². The Morgan fingerprint density at radius 1 is 1.04 bits per heavy atom. The zero-order chi connectivity index (χ0) is 16.2. The average Bonchev–Trinajstić information content (AvgIpc) is 2.99. The van der Waals surface area contributed by atoms with Crippen LogP contribution in [0.3, 0.4) is 0 Å². The molecule has 0 aliphatic rings. The van der Waals surface area contributed by atoms with Gasteiger partial charge in [-0.25, -0.2) is 0 Å². The molecule has 3 rings (SSSR count). The molecule has 2 unspecified atom stereocenters. The Bertz CT molecular complexity index is 853. The average molecular weight is 308 g/mol. The van der Waals surface area contributed by atoms with Crippen LogP contribution in [0.25, 0.3) is 32.6 Å². The number of benzene rings is 2. The van der Waals surface area contributed by atoms with E-state index < -0.39 is 12.2 Å². The first-order valence-electron chi connectivity index (χ1n) is 7.25. The highest BCUT2D eigenvalue weighted by Crippen LogP contribution is 2.36. The Morgan fingerprint density at radius 2 is 1.74 bits per heavy atom. The summed E-state index contributed by atoms with van der Waals surface area (Å²) in [5.74, 6) is 0. The lowest BCUT2D eigenvalue weighted by Crippen LogP contribution is -2.21. The molecule has 0 saturated carbocycles. The van der Waals surface area contributed by atoms with Gasteiger partial charge in [-0.05, 0) is 17.2 Å². The van der Waals surface area contributed by atoms with Gasteiger partial charge in [-0.15, -0.1) is 0 Å². The monoisotopic (exact) mass is 308 g/mol. The minimum atomic E-state index is -1.17. The van der Waals surface area contributed by atoms with Gasteiger partial charge in [-0.3, -0.25) is 0 Å². The van der Waals surface area contributed by atoms with Crippen molar-refractivity contribution in [1.82, 2.24) is 4.98 Å². The first-order valence-corrected chi connectivity index (χ1v) is 7.25. The molecule has 0 spiro atoms. The molecule has 0 aliphatic heterocycles. The van der Waals surface area contributed by atoms with E-state index in [-0.39, 0.29) is 6.54 Å². The lowest BCUT2D eigenvalue weighted by molar-refractivity contribution is 0.0256. The molecule has 2 aromatic carbocycles. The third kappa shape index (κ3) is 2.91. The SMILES string of the molecule is [N-]=[N+]=NCC(O)C(O)c1c(-c2ccccc2)[nH]c2ccccc12. The second kappa shape index (κ2) is 6.54. The van der Waals surface area contributed by atoms with Crippen molar-refractivity contribution in [3.8, 4) is 11.3 Å². The molecule has 2 atom stereocenters. The second-order valence-electron chi connectivity index (χ2n) is 5.25. The normalized spacial score (nSPS) is 13.5. The van der Waals surface area contributed by atoms with E-state index in [1.54, 1.807) is 0 Å². The van der Waals surface area contributed by atoms with E-state index in [0.717, 1.165) is 22.2 Å². The van der Waals surface area contributed by atoms with Crippen molar-refractivity contribution in [3.05, 3.63) is 70.6 Å². The van der Waals surface area contributed by atoms with E-state index in [4.69, 9.17) is 5.53 Å². The minimum Gasteiger partial charge on any atom is -0.390 e. The Morgan fingerprint density at radius 3 is 2.48 bits per heavy atom. The fourth-order valence-electron chi connectivity index (χ4n) is 2.72. The smallest absolute Gasteiger partial charge is 0.108 e. The second-order valence-corrected chi connectivity index (χ2v) is 5.25. The topological polar surface area (TPSA) is 105 Å². The van der Waals surface area contributed by atoms with Gasteiger partial charge < -0.3 is 15.2 Å². The third-order valence-corrected chi connectivity index (χ3v) is 3.80. The molecule has 6 heteroatoms. The standard InChI is InChI=1S/C17H16N4O2/c18-21-19-10-14(22)17(23)15-12-8-4-5-9-13(12)20-16(15)11-6-2-1-3-7-11/h1-9,14,17,20,22-23H,10H2. The maximum atomic E-state index is 10.6. The number of azide groups is 1. The molecule has 1 heterocycles. The quantitative estimate of drug-likeness (QED) is 0.381. The Hall–Kier alpha value is -2.79. The summed E-state index contributed by atoms with van der Waals surface area (Å²) in [5.41, 5.74) is 11.5. The van der Waals surface area contributed by atoms with Gasteiger partial charge in [0.15, 0.2) is 0 Å². The Balaban J connectivity index is 2.15. The van der Waals surface area contributed by atoms with Crippen molar-refractivity contribution in [3.63, 3.8) is 0 Å². The van der Waals surface area contributed by atoms with Crippen LogP contribution < -0.4 is 0 Å². The number of nitrogens with zero attached hydrogens (tertiary/aromatic N) is 3. The van der Waals surface area contributed by atoms with Gasteiger partial charge in [-0.2, -0.15) is 0 Å². The predicted octanol–water partition coefficient (Wildman–Crippen LogP) is 3.54. The predicted molar refractivity (Wildman–Crippen MR) is 88.7 cm³/mol. The summed E-state index contributed by atoms with van der Waals surface area (Å²) in [5, 5.41) is 24.9. The first-order chi connectivity index (χ1) is 11.2. The van der Waals surface area contributed by atoms with E-state index in [1.165, 1.54) is 0 Å². The summed E-state index contributed by atoms with van der Waals surface area (Å²) in [6, 6.07) is 17.2. The van der Waals surface area contributed by atoms with Gasteiger partial charge in [0.2, 0.25) is 0 Å². The number of nitrogens with one attached hydrogen (secondary N) is 1. The van der Waals surface area contributed by atoms with E-state index in [0.29, 0.717) is 5.56 Å². The largest absolute Gasteiger partial charge is 0.390 e. The van der Waals surface area contributed by atoms with Crippen molar-refractivity contribution in [2.75, 3.05) is 6.54 Å². The van der Waals surface area contributed by atoms with Gasteiger partial charge in [0.05, 0.1) is 18.3 Å². The van der Waals surface area contributed by atoms with Crippen LogP contribution >= 0.6 is 0 Å². The maximum absolute atomic E-state index is 10.6. The molecule has 3 aromatic rings. The first kappa shape index (κ1) is 15.1. The molecule has 116 valence electrons. The van der Waals surface area contributed by atoms with Crippen molar-refractivity contribution in [2.45, 2.75) is 12.2 Å². The number of aliphatic hydroxyl groups is 2. The molecule has 23 heavy (non-hydrogen) atoms. The lowest BCUT2D eigenvalue weighted by atomic mass is 9.97. The highest BCUT2D eigenvalue weighted by molar-refractivity contribution is 5.91. The number of hydrogen-bond acceptors (Lipinski definition) is 3. The fraction of sp³-hybridized carbons (Fsp3) is 0.176. The summed E-state index contributed by atoms with van der Waals surface area (Å²) in [6.45, 7) is -0.189. The summed E-state index contributed by atoms with van der Waals surface area (Å²) < 4.78 is 0. The molecule has 1 aromatic heterocycles. The Kier molecular flexibility index (Phi) is 4.30. The molecule has 0 saturated heterocycles. The van der Waals surface area contributed by atoms with Crippen LogP contribution in [0, 0.1) is 0 Å². The molecule has 0 amide bonds. The summed E-state index contributed by atoms with van der Waals surface area (Å²) in [7, 11) is 0. The number of hydrogen-bond donors (Lipinski definition) is 3. The van der Waals surface area contributed by atoms with Gasteiger partial charge in [-0.1, -0.05) is 53.6 Å². The molecular formula is C17H16N4O2. The number of para-hydroxylation sites is 1. The summed E-state index contributed by atoms with van der Waals surface area (Å²) >= 11 is 0. The summed E-state index contributed by atoms with van der Waals surface area (Å²) in [4.78, 5) is 5.93. The van der Waals surface area contributed by atoms with E-state index in [9.17, 15) is 10.2 Å². The van der Waals surface area contributed by atoms with Crippen LogP contribution in [0.1, 0.15) is 11.7 Å². The molecule has 0 aliphatic carbocycles. The van der Waals surface area contributed by atoms with Crippen LogP contribution in [0.4, 0.5) is 0 Å². The Labute approximate surface area is 132 Å². The minimum absolute atomic E-state index is 0.189. The summed E-state index contributed by atoms with van der Waals surface area (Å²) in [6.07, 6.45) is -2.33. The number of H-pyrrole nitrogens is 1. The van der Waals surface area contributed by atoms with Gasteiger partial charge in [0, 0.05) is 21.4 Å². The van der Waals surface area contributed by atoms with Crippen LogP contribution in [-0.4, -0.2) is 27.8 Å². The molecule has 0 fully saturated rings. The van der Waals surface area contributed by atoms with Crippen molar-refractivity contribution < 1.29 is 10.2 Å². The highest BCUT2D eigenvalue weighted by Gasteiger charge is 2.25. The number of aromatic nitrogens is 1. The molecule has 0 bridgehead atoms. The van der Waals surface area contributed by atoms with Gasteiger partial charge in [0.25, 0.3) is 0 Å². The highest BCUT2D eigenvalue weighted by atomic mass is 16.3. The van der Waals surface area contributed by atoms with Crippen LogP contribution in [0.15, 0.2) is 59.7 Å². The number of rotatable bonds is 5. The number of aromatic amines is 1. The van der Waals surface area contributed by atoms with Crippen molar-refractivity contribution >= 4 is 10.9 Å². The third-order valence-electron chi connectivity index (χ3n) is 3.80. The number of fused-ring (bicyclic) bond motifs is 1. The van der Waals surface area contributed by atoms with Crippen molar-refractivity contribution in [2.24, 2.45) is 5.11 Å². The maximum Gasteiger partial charge on any atom is 0.108 e. The van der Waals surface area contributed by atoms with E-state index in [2.05, 4.69) is 15.0 Å². The zero-order valence-corrected chi connectivity index (χ0v) is 12.3. The van der Waals surface area contributed by atoms with E-state index in [1.807, 2.05) is 54.6 Å². The zero-order valence-electron chi connectivity index (χ0n) is 12.3. The van der Waals surface area contributed by atoms with Crippen LogP contribution in [0.2, 0.25) is 0 Å². The molecule has 3 N–H and O–H groups in total. The molecule has 0 radical (unpaired) electrons. The fourth-order valence-corrected chi connectivity index (χ4v) is 2.72.